The van der Waals surface area contributed by atoms with Gasteiger partial charge in [-0.15, -0.1) is 0 Å². The predicted molar refractivity (Wildman–Crippen MR) is 115 cm³/mol. The second-order valence-electron chi connectivity index (χ2n) is 6.26. The van der Waals surface area contributed by atoms with Gasteiger partial charge in [-0.3, -0.25) is 0 Å². The molecule has 1 aliphatic rings. The number of ether oxygens (including phenoxy) is 1. The lowest BCUT2D eigenvalue weighted by Crippen LogP contribution is -2.07. The zero-order valence-electron chi connectivity index (χ0n) is 14.5. The summed E-state index contributed by atoms with van der Waals surface area (Å²) in [5.74, 6) is -0.478. The summed E-state index contributed by atoms with van der Waals surface area (Å²) < 4.78 is 30.7. The van der Waals surface area contributed by atoms with Gasteiger partial charge in [-0.05, 0) is 48.2 Å². The quantitative estimate of drug-likeness (QED) is 0.418. The number of aliphatic hydroxyl groups excluding tert-OH is 1. The van der Waals surface area contributed by atoms with Crippen LogP contribution in [0.25, 0.3) is 0 Å². The fourth-order valence-corrected chi connectivity index (χ4v) is 3.74. The number of aliphatic hydroxyl groups is 1. The van der Waals surface area contributed by atoms with Crippen LogP contribution in [0.5, 0.6) is 0 Å². The molecule has 0 bridgehead atoms. The van der Waals surface area contributed by atoms with Crippen LogP contribution in [0.2, 0.25) is 0 Å². The molecular formula is C20H21Br3F2O2. The van der Waals surface area contributed by atoms with Crippen molar-refractivity contribution in [2.45, 2.75) is 34.7 Å². The molecule has 3 rings (SSSR count). The third-order valence-corrected chi connectivity index (χ3v) is 7.08. The van der Waals surface area contributed by atoms with Gasteiger partial charge < -0.3 is 9.84 Å². The fourth-order valence-electron chi connectivity index (χ4n) is 2.62. The Bertz CT molecular complexity index is 683. The highest BCUT2D eigenvalue weighted by Crippen LogP contribution is 2.32. The van der Waals surface area contributed by atoms with Crippen molar-refractivity contribution in [2.24, 2.45) is 0 Å². The van der Waals surface area contributed by atoms with Crippen LogP contribution in [0.4, 0.5) is 8.78 Å². The lowest BCUT2D eigenvalue weighted by molar-refractivity contribution is 0.112. The van der Waals surface area contributed by atoms with E-state index in [2.05, 4.69) is 47.8 Å². The van der Waals surface area contributed by atoms with E-state index in [0.29, 0.717) is 11.2 Å². The lowest BCUT2D eigenvalue weighted by Gasteiger charge is -2.13. The average molecular weight is 571 g/mol. The minimum absolute atomic E-state index is 0.130. The summed E-state index contributed by atoms with van der Waals surface area (Å²) >= 11 is 10.2. The molecule has 2 unspecified atom stereocenters. The first-order valence-corrected chi connectivity index (χ1v) is 11.5. The zero-order valence-corrected chi connectivity index (χ0v) is 19.3. The van der Waals surface area contributed by atoms with Crippen molar-refractivity contribution in [2.75, 3.05) is 11.9 Å². The van der Waals surface area contributed by atoms with Gasteiger partial charge >= 0.3 is 0 Å². The highest BCUT2D eigenvalue weighted by Gasteiger charge is 2.24. The van der Waals surface area contributed by atoms with E-state index in [0.717, 1.165) is 29.5 Å². The first-order valence-electron chi connectivity index (χ1n) is 8.53. The maximum atomic E-state index is 12.6. The molecule has 0 amide bonds. The molecular weight excluding hydrogens is 550 g/mol. The summed E-state index contributed by atoms with van der Waals surface area (Å²) in [5, 5.41) is 10.5. The number of hydrogen-bond acceptors (Lipinski definition) is 2. The SMILES string of the molecule is Fc1ccc([C@H]2CC(Br)CO2)cc1.O[C@H](CC(Br)CBr)c1ccc(F)cc1. The topological polar surface area (TPSA) is 29.5 Å². The van der Waals surface area contributed by atoms with Crippen LogP contribution in [-0.4, -0.2) is 26.7 Å². The van der Waals surface area contributed by atoms with E-state index < -0.39 is 6.10 Å². The fraction of sp³-hybridized carbons (Fsp3) is 0.400. The van der Waals surface area contributed by atoms with E-state index in [9.17, 15) is 13.9 Å². The predicted octanol–water partition coefficient (Wildman–Crippen LogP) is 6.46. The first-order chi connectivity index (χ1) is 12.9. The maximum Gasteiger partial charge on any atom is 0.123 e. The third-order valence-electron chi connectivity index (χ3n) is 4.09. The molecule has 4 atom stereocenters. The highest BCUT2D eigenvalue weighted by molar-refractivity contribution is 9.12. The molecule has 1 fully saturated rings. The van der Waals surface area contributed by atoms with Crippen molar-refractivity contribution in [1.82, 2.24) is 0 Å². The molecule has 1 aliphatic heterocycles. The Kier molecular flexibility index (Phi) is 9.87. The summed E-state index contributed by atoms with van der Waals surface area (Å²) in [6, 6.07) is 12.4. The second-order valence-corrected chi connectivity index (χ2v) is 9.50. The van der Waals surface area contributed by atoms with Gasteiger partial charge in [-0.2, -0.15) is 0 Å². The molecule has 148 valence electrons. The molecule has 1 heterocycles. The van der Waals surface area contributed by atoms with Crippen molar-refractivity contribution in [3.63, 3.8) is 0 Å². The summed E-state index contributed by atoms with van der Waals surface area (Å²) in [7, 11) is 0. The van der Waals surface area contributed by atoms with Gasteiger partial charge in [0.1, 0.15) is 11.6 Å². The Labute approximate surface area is 183 Å². The zero-order chi connectivity index (χ0) is 19.8. The molecule has 0 radical (unpaired) electrons. The van der Waals surface area contributed by atoms with E-state index in [4.69, 9.17) is 4.74 Å². The largest absolute Gasteiger partial charge is 0.388 e. The monoisotopic (exact) mass is 568 g/mol. The van der Waals surface area contributed by atoms with Crippen molar-refractivity contribution < 1.29 is 18.6 Å². The molecule has 2 aromatic rings. The number of rotatable bonds is 5. The molecule has 0 aromatic heterocycles. The van der Waals surface area contributed by atoms with Crippen LogP contribution in [0.15, 0.2) is 48.5 Å². The Hall–Kier alpha value is -0.340. The van der Waals surface area contributed by atoms with Crippen LogP contribution >= 0.6 is 47.8 Å². The lowest BCUT2D eigenvalue weighted by atomic mass is 10.1. The minimum atomic E-state index is -0.544. The van der Waals surface area contributed by atoms with Gasteiger partial charge in [0.2, 0.25) is 0 Å². The normalized spacial score (nSPS) is 21.3. The Morgan fingerprint density at radius 1 is 1.04 bits per heavy atom. The molecule has 0 spiro atoms. The highest BCUT2D eigenvalue weighted by atomic mass is 79.9. The number of hydrogen-bond donors (Lipinski definition) is 1. The maximum absolute atomic E-state index is 12.6. The van der Waals surface area contributed by atoms with E-state index in [1.165, 1.54) is 24.3 Å². The Balaban J connectivity index is 0.000000194. The van der Waals surface area contributed by atoms with Gasteiger partial charge in [0.15, 0.2) is 0 Å². The molecule has 1 saturated heterocycles. The van der Waals surface area contributed by atoms with Crippen LogP contribution in [0.1, 0.15) is 36.2 Å². The van der Waals surface area contributed by atoms with Crippen molar-refractivity contribution in [1.29, 1.82) is 0 Å². The number of halogens is 5. The standard InChI is InChI=1S/C10H11Br2FO.C10H10BrFO/c11-6-8(12)5-10(14)7-1-3-9(13)4-2-7;11-8-5-10(13-6-8)7-1-3-9(12)4-2-7/h1-4,8,10,14H,5-6H2;1-4,8,10H,5-6H2/t2*8?,10-/m11/s1. The number of alkyl halides is 3. The van der Waals surface area contributed by atoms with Crippen molar-refractivity contribution in [3.8, 4) is 0 Å². The van der Waals surface area contributed by atoms with Crippen LogP contribution in [0.3, 0.4) is 0 Å². The third kappa shape index (κ3) is 7.89. The molecule has 0 aliphatic carbocycles. The summed E-state index contributed by atoms with van der Waals surface area (Å²) in [5.41, 5.74) is 1.81. The molecule has 1 N–H and O–H groups in total. The van der Waals surface area contributed by atoms with Crippen LogP contribution in [-0.2, 0) is 4.74 Å². The second kappa shape index (κ2) is 11.6. The van der Waals surface area contributed by atoms with Gasteiger partial charge in [0.25, 0.3) is 0 Å². The summed E-state index contributed by atoms with van der Waals surface area (Å²) in [4.78, 5) is 0.658. The van der Waals surface area contributed by atoms with E-state index in [-0.39, 0.29) is 22.6 Å². The number of benzene rings is 2. The summed E-state index contributed by atoms with van der Waals surface area (Å²) in [6.07, 6.45) is 1.16. The molecule has 2 aromatic carbocycles. The van der Waals surface area contributed by atoms with E-state index >= 15 is 0 Å². The van der Waals surface area contributed by atoms with E-state index in [1.54, 1.807) is 24.3 Å². The molecule has 7 heteroatoms. The molecule has 2 nitrogen and oxygen atoms in total. The van der Waals surface area contributed by atoms with Crippen molar-refractivity contribution in [3.05, 3.63) is 71.3 Å². The van der Waals surface area contributed by atoms with Gasteiger partial charge in [-0.25, -0.2) is 8.78 Å². The van der Waals surface area contributed by atoms with Gasteiger partial charge in [-0.1, -0.05) is 72.1 Å². The summed E-state index contributed by atoms with van der Waals surface area (Å²) in [6.45, 7) is 0.738. The molecule has 0 saturated carbocycles. The average Bonchev–Trinajstić information content (AvgIpc) is 3.09. The minimum Gasteiger partial charge on any atom is -0.388 e. The Morgan fingerprint density at radius 2 is 1.59 bits per heavy atom. The van der Waals surface area contributed by atoms with Crippen molar-refractivity contribution >= 4 is 47.8 Å². The first kappa shape index (κ1) is 22.9. The van der Waals surface area contributed by atoms with Crippen LogP contribution < -0.4 is 0 Å². The van der Waals surface area contributed by atoms with Gasteiger partial charge in [0, 0.05) is 15.0 Å². The molecule has 27 heavy (non-hydrogen) atoms. The smallest absolute Gasteiger partial charge is 0.123 e. The van der Waals surface area contributed by atoms with E-state index in [1.807, 2.05) is 0 Å². The van der Waals surface area contributed by atoms with Gasteiger partial charge in [0.05, 0.1) is 18.8 Å². The van der Waals surface area contributed by atoms with Crippen LogP contribution in [0, 0.1) is 11.6 Å². The Morgan fingerprint density at radius 3 is 2.07 bits per heavy atom.